The maximum Gasteiger partial charge on any atom is 0.417 e. The van der Waals surface area contributed by atoms with Crippen molar-refractivity contribution in [2.45, 2.75) is 12.6 Å². The van der Waals surface area contributed by atoms with Crippen LogP contribution in [0.5, 0.6) is 5.88 Å². The van der Waals surface area contributed by atoms with Crippen molar-refractivity contribution < 1.29 is 22.7 Å². The first-order valence-corrected chi connectivity index (χ1v) is 7.28. The van der Waals surface area contributed by atoms with E-state index >= 15 is 0 Å². The van der Waals surface area contributed by atoms with Crippen molar-refractivity contribution >= 4 is 17.2 Å². The number of pyridine rings is 1. The summed E-state index contributed by atoms with van der Waals surface area (Å²) >= 11 is 1.50. The largest absolute Gasteiger partial charge is 0.476 e. The van der Waals surface area contributed by atoms with Crippen LogP contribution in [-0.2, 0) is 17.4 Å². The van der Waals surface area contributed by atoms with E-state index in [1.807, 2.05) is 17.5 Å². The van der Waals surface area contributed by atoms with Crippen LogP contribution in [0.2, 0.25) is 0 Å². The van der Waals surface area contributed by atoms with E-state index in [0.717, 1.165) is 17.0 Å². The Bertz CT molecular complexity index is 598. The number of carbonyl (C=O) groups is 1. The highest BCUT2D eigenvalue weighted by atomic mass is 32.1. The molecule has 2 aromatic heterocycles. The molecule has 22 heavy (non-hydrogen) atoms. The maximum absolute atomic E-state index is 12.3. The summed E-state index contributed by atoms with van der Waals surface area (Å²) in [4.78, 5) is 16.1. The summed E-state index contributed by atoms with van der Waals surface area (Å²) in [6.45, 7) is 0.390. The first kappa shape index (κ1) is 16.3. The molecule has 0 aliphatic rings. The van der Waals surface area contributed by atoms with E-state index in [2.05, 4.69) is 10.3 Å². The summed E-state index contributed by atoms with van der Waals surface area (Å²) in [5.74, 6) is -0.0491. The van der Waals surface area contributed by atoms with Gasteiger partial charge in [-0.25, -0.2) is 4.98 Å². The third-order valence-electron chi connectivity index (χ3n) is 2.65. The average Bonchev–Trinajstić information content (AvgIpc) is 2.96. The number of amides is 1. The SMILES string of the molecule is O=C(Cc1cccs1)NCCOc1ccc(C(F)(F)F)cn1. The van der Waals surface area contributed by atoms with E-state index in [4.69, 9.17) is 4.74 Å². The van der Waals surface area contributed by atoms with Crippen molar-refractivity contribution in [3.63, 3.8) is 0 Å². The van der Waals surface area contributed by atoms with Crippen LogP contribution in [0.25, 0.3) is 0 Å². The molecule has 118 valence electrons. The van der Waals surface area contributed by atoms with Gasteiger partial charge in [-0.15, -0.1) is 11.3 Å². The lowest BCUT2D eigenvalue weighted by atomic mass is 10.3. The van der Waals surface area contributed by atoms with Gasteiger partial charge in [0.05, 0.1) is 18.5 Å². The van der Waals surface area contributed by atoms with Crippen LogP contribution in [0, 0.1) is 0 Å². The number of alkyl halides is 3. The van der Waals surface area contributed by atoms with Crippen LogP contribution in [0.3, 0.4) is 0 Å². The van der Waals surface area contributed by atoms with Gasteiger partial charge in [0, 0.05) is 17.1 Å². The molecule has 0 spiro atoms. The van der Waals surface area contributed by atoms with Gasteiger partial charge in [0.15, 0.2) is 0 Å². The van der Waals surface area contributed by atoms with Gasteiger partial charge in [0.2, 0.25) is 11.8 Å². The van der Waals surface area contributed by atoms with Gasteiger partial charge in [-0.3, -0.25) is 4.79 Å². The number of nitrogens with zero attached hydrogens (tertiary/aromatic N) is 1. The van der Waals surface area contributed by atoms with Gasteiger partial charge in [-0.05, 0) is 17.5 Å². The standard InChI is InChI=1S/C14H13F3N2O2S/c15-14(16,17)10-3-4-13(19-9-10)21-6-5-18-12(20)8-11-2-1-7-22-11/h1-4,7,9H,5-6,8H2,(H,18,20). The summed E-state index contributed by atoms with van der Waals surface area (Å²) in [6.07, 6.45) is -3.40. The molecule has 0 fully saturated rings. The lowest BCUT2D eigenvalue weighted by molar-refractivity contribution is -0.137. The van der Waals surface area contributed by atoms with Gasteiger partial charge in [0.1, 0.15) is 6.61 Å². The molecule has 1 N–H and O–H groups in total. The van der Waals surface area contributed by atoms with Crippen molar-refractivity contribution in [3.8, 4) is 5.88 Å². The van der Waals surface area contributed by atoms with Crippen LogP contribution in [0.15, 0.2) is 35.8 Å². The zero-order valence-corrected chi connectivity index (χ0v) is 12.2. The zero-order chi connectivity index (χ0) is 16.0. The summed E-state index contributed by atoms with van der Waals surface area (Å²) in [7, 11) is 0. The van der Waals surface area contributed by atoms with Gasteiger partial charge < -0.3 is 10.1 Å². The van der Waals surface area contributed by atoms with Crippen LogP contribution in [0.1, 0.15) is 10.4 Å². The summed E-state index contributed by atoms with van der Waals surface area (Å²) < 4.78 is 42.2. The minimum atomic E-state index is -4.42. The van der Waals surface area contributed by atoms with Crippen molar-refractivity contribution in [3.05, 3.63) is 46.3 Å². The van der Waals surface area contributed by atoms with E-state index in [-0.39, 0.29) is 24.9 Å². The number of ether oxygens (including phenoxy) is 1. The molecular weight excluding hydrogens is 317 g/mol. The first-order chi connectivity index (χ1) is 10.4. The van der Waals surface area contributed by atoms with E-state index < -0.39 is 11.7 Å². The third-order valence-corrected chi connectivity index (χ3v) is 3.53. The molecule has 0 bridgehead atoms. The van der Waals surface area contributed by atoms with Gasteiger partial charge >= 0.3 is 6.18 Å². The number of rotatable bonds is 6. The van der Waals surface area contributed by atoms with E-state index in [1.165, 1.54) is 11.3 Å². The lowest BCUT2D eigenvalue weighted by Gasteiger charge is -2.08. The molecule has 2 heterocycles. The highest BCUT2D eigenvalue weighted by molar-refractivity contribution is 7.10. The summed E-state index contributed by atoms with van der Waals surface area (Å²) in [6, 6.07) is 5.79. The molecule has 4 nitrogen and oxygen atoms in total. The molecule has 0 saturated heterocycles. The predicted octanol–water partition coefficient (Wildman–Crippen LogP) is 2.90. The molecule has 0 atom stereocenters. The number of halogens is 3. The molecular formula is C14H13F3N2O2S. The Hall–Kier alpha value is -2.09. The molecule has 2 rings (SSSR count). The molecule has 0 unspecified atom stereocenters. The predicted molar refractivity (Wildman–Crippen MR) is 75.8 cm³/mol. The second kappa shape index (κ2) is 7.26. The minimum absolute atomic E-state index is 0.0838. The molecule has 0 saturated carbocycles. The third kappa shape index (κ3) is 5.03. The fraction of sp³-hybridized carbons (Fsp3) is 0.286. The number of hydrogen-bond acceptors (Lipinski definition) is 4. The quantitative estimate of drug-likeness (QED) is 0.829. The fourth-order valence-corrected chi connectivity index (χ4v) is 2.32. The molecule has 0 aliphatic carbocycles. The lowest BCUT2D eigenvalue weighted by Crippen LogP contribution is -2.29. The Morgan fingerprint density at radius 1 is 1.32 bits per heavy atom. The van der Waals surface area contributed by atoms with Gasteiger partial charge in [-0.1, -0.05) is 6.07 Å². The Labute approximate surface area is 128 Å². The van der Waals surface area contributed by atoms with Gasteiger partial charge in [-0.2, -0.15) is 13.2 Å². The highest BCUT2D eigenvalue weighted by Gasteiger charge is 2.30. The van der Waals surface area contributed by atoms with Crippen molar-refractivity contribution in [2.75, 3.05) is 13.2 Å². The van der Waals surface area contributed by atoms with Crippen molar-refractivity contribution in [1.82, 2.24) is 10.3 Å². The smallest absolute Gasteiger partial charge is 0.417 e. The number of hydrogen-bond donors (Lipinski definition) is 1. The topological polar surface area (TPSA) is 51.2 Å². The van der Waals surface area contributed by atoms with Crippen molar-refractivity contribution in [2.24, 2.45) is 0 Å². The van der Waals surface area contributed by atoms with E-state index in [1.54, 1.807) is 0 Å². The van der Waals surface area contributed by atoms with Gasteiger partial charge in [0.25, 0.3) is 0 Å². The molecule has 2 aromatic rings. The van der Waals surface area contributed by atoms with Crippen LogP contribution in [0.4, 0.5) is 13.2 Å². The number of carbonyl (C=O) groups excluding carboxylic acids is 1. The first-order valence-electron chi connectivity index (χ1n) is 6.40. The van der Waals surface area contributed by atoms with Crippen molar-refractivity contribution in [1.29, 1.82) is 0 Å². The molecule has 1 amide bonds. The Morgan fingerprint density at radius 2 is 2.14 bits per heavy atom. The molecule has 0 aromatic carbocycles. The fourth-order valence-electron chi connectivity index (χ4n) is 1.61. The molecule has 8 heteroatoms. The van der Waals surface area contributed by atoms with E-state index in [0.29, 0.717) is 12.6 Å². The zero-order valence-electron chi connectivity index (χ0n) is 11.4. The second-order valence-corrected chi connectivity index (χ2v) is 5.37. The molecule has 0 radical (unpaired) electrons. The number of thiophene rings is 1. The minimum Gasteiger partial charge on any atom is -0.476 e. The van der Waals surface area contributed by atoms with E-state index in [9.17, 15) is 18.0 Å². The number of nitrogens with one attached hydrogen (secondary N) is 1. The maximum atomic E-state index is 12.3. The summed E-state index contributed by atoms with van der Waals surface area (Å²) in [5, 5.41) is 4.55. The second-order valence-electron chi connectivity index (χ2n) is 4.34. The number of aromatic nitrogens is 1. The summed E-state index contributed by atoms with van der Waals surface area (Å²) in [5.41, 5.74) is -0.830. The Morgan fingerprint density at radius 3 is 2.73 bits per heavy atom. The molecule has 0 aliphatic heterocycles. The Balaban J connectivity index is 1.69. The monoisotopic (exact) mass is 330 g/mol. The highest BCUT2D eigenvalue weighted by Crippen LogP contribution is 2.29. The van der Waals surface area contributed by atoms with Crippen LogP contribution in [-0.4, -0.2) is 24.0 Å². The van der Waals surface area contributed by atoms with Crippen LogP contribution < -0.4 is 10.1 Å². The Kier molecular flexibility index (Phi) is 5.37. The van der Waals surface area contributed by atoms with Crippen LogP contribution >= 0.6 is 11.3 Å². The normalized spacial score (nSPS) is 11.2. The average molecular weight is 330 g/mol.